The quantitative estimate of drug-likeness (QED) is 0.559. The number of nitrogens with zero attached hydrogens (tertiary/aromatic N) is 8. The van der Waals surface area contributed by atoms with Gasteiger partial charge in [-0.25, -0.2) is 0 Å². The van der Waals surface area contributed by atoms with Crippen LogP contribution in [0.3, 0.4) is 0 Å². The molecule has 8 nitrogen and oxygen atoms in total. The summed E-state index contributed by atoms with van der Waals surface area (Å²) < 4.78 is 0. The van der Waals surface area contributed by atoms with E-state index in [1.165, 1.54) is 45.3 Å². The lowest BCUT2D eigenvalue weighted by Gasteiger charge is -1.82. The highest BCUT2D eigenvalue weighted by Gasteiger charge is 2.16. The molecule has 0 amide bonds. The Labute approximate surface area is 127 Å². The Balaban J connectivity index is 1.68. The van der Waals surface area contributed by atoms with E-state index >= 15 is 0 Å². The molecule has 0 aliphatic heterocycles. The second-order valence-corrected chi connectivity index (χ2v) is 6.93. The predicted octanol–water partition coefficient (Wildman–Crippen LogP) is 2.09. The topological polar surface area (TPSA) is 103 Å². The molecule has 4 rings (SSSR count). The highest BCUT2D eigenvalue weighted by molar-refractivity contribution is 7.27. The second-order valence-electron chi connectivity index (χ2n) is 3.31. The van der Waals surface area contributed by atoms with E-state index in [1.54, 1.807) is 11.0 Å². The van der Waals surface area contributed by atoms with Gasteiger partial charge in [0.2, 0.25) is 0 Å². The lowest BCUT2D eigenvalue weighted by molar-refractivity contribution is 1.04. The van der Waals surface area contributed by atoms with Gasteiger partial charge in [-0.1, -0.05) is 45.3 Å². The predicted molar refractivity (Wildman–Crippen MR) is 76.6 cm³/mol. The molecule has 98 valence electrons. The molecule has 0 unspecified atom stereocenters. The monoisotopic (exact) mass is 338 g/mol. The molecule has 12 heteroatoms. The van der Waals surface area contributed by atoms with Crippen LogP contribution in [0, 0.1) is 0 Å². The van der Waals surface area contributed by atoms with Crippen molar-refractivity contribution in [1.29, 1.82) is 0 Å². The fourth-order valence-corrected chi connectivity index (χ4v) is 4.18. The minimum Gasteiger partial charge on any atom is -0.147 e. The van der Waals surface area contributed by atoms with Crippen LogP contribution in [-0.4, -0.2) is 40.8 Å². The maximum absolute atomic E-state index is 4.12. The smallest absolute Gasteiger partial charge is 0.147 e. The molecule has 0 aromatic carbocycles. The van der Waals surface area contributed by atoms with Crippen LogP contribution in [-0.2, 0) is 0 Å². The van der Waals surface area contributed by atoms with E-state index in [2.05, 4.69) is 40.8 Å². The molecule has 20 heavy (non-hydrogen) atoms. The van der Waals surface area contributed by atoms with Crippen molar-refractivity contribution in [3.63, 3.8) is 0 Å². The second kappa shape index (κ2) is 4.97. The van der Waals surface area contributed by atoms with Gasteiger partial charge in [0.1, 0.15) is 11.0 Å². The van der Waals surface area contributed by atoms with Crippen molar-refractivity contribution in [2.45, 2.75) is 0 Å². The largest absolute Gasteiger partial charge is 0.179 e. The van der Waals surface area contributed by atoms with Crippen LogP contribution in [0.2, 0.25) is 0 Å². The minimum absolute atomic E-state index is 0.712. The van der Waals surface area contributed by atoms with Gasteiger partial charge in [0, 0.05) is 0 Å². The van der Waals surface area contributed by atoms with E-state index in [0.717, 1.165) is 20.0 Å². The molecule has 0 aliphatic carbocycles. The first kappa shape index (κ1) is 12.0. The first-order chi connectivity index (χ1) is 9.90. The molecule has 0 fully saturated rings. The number of hydrogen-bond acceptors (Lipinski definition) is 12. The third-order valence-electron chi connectivity index (χ3n) is 2.12. The Morgan fingerprint density at radius 2 is 0.900 bits per heavy atom. The lowest BCUT2D eigenvalue weighted by atomic mass is 10.7. The molecule has 0 atom stereocenters. The summed E-state index contributed by atoms with van der Waals surface area (Å²) in [5, 5.41) is 36.3. The first-order valence-corrected chi connectivity index (χ1v) is 8.50. The Hall–Kier alpha value is -1.76. The summed E-state index contributed by atoms with van der Waals surface area (Å²) in [6.07, 6.45) is 0. The van der Waals surface area contributed by atoms with E-state index in [4.69, 9.17) is 0 Å². The molecular weight excluding hydrogens is 336 g/mol. The van der Waals surface area contributed by atoms with Crippen LogP contribution in [0.15, 0.2) is 11.0 Å². The Bertz CT molecular complexity index is 746. The summed E-state index contributed by atoms with van der Waals surface area (Å²) >= 11 is 5.68. The Morgan fingerprint density at radius 3 is 1.25 bits per heavy atom. The molecule has 0 saturated carbocycles. The van der Waals surface area contributed by atoms with Crippen molar-refractivity contribution in [3.05, 3.63) is 11.0 Å². The zero-order valence-corrected chi connectivity index (χ0v) is 12.6. The molecule has 4 heterocycles. The van der Waals surface area contributed by atoms with Crippen molar-refractivity contribution in [3.8, 4) is 30.0 Å². The fourth-order valence-electron chi connectivity index (χ4n) is 1.32. The molecule has 0 aliphatic rings. The van der Waals surface area contributed by atoms with Crippen molar-refractivity contribution < 1.29 is 0 Å². The van der Waals surface area contributed by atoms with Crippen molar-refractivity contribution >= 4 is 45.3 Å². The zero-order valence-electron chi connectivity index (χ0n) is 9.37. The summed E-state index contributed by atoms with van der Waals surface area (Å²) in [5.74, 6) is 0. The van der Waals surface area contributed by atoms with E-state index in [9.17, 15) is 0 Å². The van der Waals surface area contributed by atoms with Crippen LogP contribution in [0.1, 0.15) is 0 Å². The molecule has 0 saturated heterocycles. The maximum Gasteiger partial charge on any atom is 0.179 e. The van der Waals surface area contributed by atoms with Crippen molar-refractivity contribution in [1.82, 2.24) is 40.8 Å². The summed E-state index contributed by atoms with van der Waals surface area (Å²) in [5.41, 5.74) is 3.32. The molecule has 0 bridgehead atoms. The van der Waals surface area contributed by atoms with Gasteiger partial charge < -0.3 is 0 Å². The SMILES string of the molecule is c1nnc(-c2nnc(-c3nnc(-c4nncs4)s3)s2)s1. The molecule has 4 aromatic heterocycles. The summed E-state index contributed by atoms with van der Waals surface area (Å²) in [6, 6.07) is 0. The lowest BCUT2D eigenvalue weighted by Crippen LogP contribution is -1.77. The van der Waals surface area contributed by atoms with Gasteiger partial charge in [0.15, 0.2) is 30.0 Å². The number of aromatic nitrogens is 8. The van der Waals surface area contributed by atoms with Crippen LogP contribution >= 0.6 is 45.3 Å². The number of rotatable bonds is 3. The van der Waals surface area contributed by atoms with E-state index in [0.29, 0.717) is 10.0 Å². The van der Waals surface area contributed by atoms with Crippen molar-refractivity contribution in [2.24, 2.45) is 0 Å². The van der Waals surface area contributed by atoms with Gasteiger partial charge in [-0.05, 0) is 0 Å². The summed E-state index contributed by atoms with van der Waals surface area (Å²) in [6.45, 7) is 0. The van der Waals surface area contributed by atoms with Crippen molar-refractivity contribution in [2.75, 3.05) is 0 Å². The average molecular weight is 338 g/mol. The summed E-state index contributed by atoms with van der Waals surface area (Å²) in [7, 11) is 0. The van der Waals surface area contributed by atoms with E-state index in [-0.39, 0.29) is 0 Å². The molecule has 4 aromatic rings. The van der Waals surface area contributed by atoms with Gasteiger partial charge in [-0.3, -0.25) is 0 Å². The van der Waals surface area contributed by atoms with E-state index < -0.39 is 0 Å². The summed E-state index contributed by atoms with van der Waals surface area (Å²) in [4.78, 5) is 0. The zero-order chi connectivity index (χ0) is 13.4. The van der Waals surface area contributed by atoms with Crippen LogP contribution in [0.25, 0.3) is 30.0 Å². The third-order valence-corrected chi connectivity index (χ3v) is 5.78. The first-order valence-electron chi connectivity index (χ1n) is 5.10. The van der Waals surface area contributed by atoms with Crippen LogP contribution in [0.4, 0.5) is 0 Å². The van der Waals surface area contributed by atoms with Crippen LogP contribution < -0.4 is 0 Å². The van der Waals surface area contributed by atoms with Gasteiger partial charge in [-0.15, -0.1) is 40.8 Å². The minimum atomic E-state index is 0.712. The molecular formula is C8H2N8S4. The Morgan fingerprint density at radius 1 is 0.500 bits per heavy atom. The molecule has 0 N–H and O–H groups in total. The van der Waals surface area contributed by atoms with Gasteiger partial charge in [0.05, 0.1) is 0 Å². The molecule has 0 radical (unpaired) electrons. The highest BCUT2D eigenvalue weighted by Crippen LogP contribution is 2.34. The van der Waals surface area contributed by atoms with Gasteiger partial charge in [-0.2, -0.15) is 0 Å². The maximum atomic E-state index is 4.12. The standard InChI is InChI=1S/C8H2N8S4/c1-9-11-3(17-1)5-13-15-7(19-5)8-16-14-6(20-8)4-12-10-2-18-4/h1-2H. The average Bonchev–Trinajstić information content (AvgIpc) is 3.22. The third kappa shape index (κ3) is 2.11. The number of hydrogen-bond donors (Lipinski definition) is 0. The van der Waals surface area contributed by atoms with E-state index in [1.807, 2.05) is 0 Å². The molecule has 0 spiro atoms. The fraction of sp³-hybridized carbons (Fsp3) is 0. The van der Waals surface area contributed by atoms with Gasteiger partial charge >= 0.3 is 0 Å². The van der Waals surface area contributed by atoms with Crippen LogP contribution in [0.5, 0.6) is 0 Å². The Kier molecular flexibility index (Phi) is 2.99. The normalized spacial score (nSPS) is 11.0. The van der Waals surface area contributed by atoms with Gasteiger partial charge in [0.25, 0.3) is 0 Å². The highest BCUT2D eigenvalue weighted by atomic mass is 32.1.